The molecular formula is C4H6O3Zr+4. The van der Waals surface area contributed by atoms with E-state index in [9.17, 15) is 9.59 Å². The summed E-state index contributed by atoms with van der Waals surface area (Å²) in [5.74, 6) is -1.12. The van der Waals surface area contributed by atoms with Crippen LogP contribution in [0.2, 0.25) is 0 Å². The van der Waals surface area contributed by atoms with Gasteiger partial charge in [-0.3, -0.25) is 9.59 Å². The molecule has 0 bridgehead atoms. The van der Waals surface area contributed by atoms with Gasteiger partial charge in [-0.1, -0.05) is 0 Å². The summed E-state index contributed by atoms with van der Waals surface area (Å²) in [6.45, 7) is 2.36. The number of esters is 2. The molecule has 0 spiro atoms. The minimum atomic E-state index is -0.562. The molecule has 4 heteroatoms. The van der Waals surface area contributed by atoms with Crippen molar-refractivity contribution in [1.82, 2.24) is 0 Å². The topological polar surface area (TPSA) is 43.4 Å². The van der Waals surface area contributed by atoms with Gasteiger partial charge < -0.3 is 4.74 Å². The molecule has 0 rings (SSSR count). The van der Waals surface area contributed by atoms with Crippen LogP contribution in [0.1, 0.15) is 13.8 Å². The van der Waals surface area contributed by atoms with Crippen LogP contribution in [0, 0.1) is 0 Å². The monoisotopic (exact) mass is 192 g/mol. The van der Waals surface area contributed by atoms with Crippen molar-refractivity contribution in [2.75, 3.05) is 0 Å². The van der Waals surface area contributed by atoms with Gasteiger partial charge in [0, 0.05) is 13.8 Å². The number of rotatable bonds is 0. The van der Waals surface area contributed by atoms with Gasteiger partial charge in [-0.25, -0.2) is 0 Å². The molecule has 0 atom stereocenters. The van der Waals surface area contributed by atoms with Crippen LogP contribution in [0.25, 0.3) is 0 Å². The fraction of sp³-hybridized carbons (Fsp3) is 0.500. The van der Waals surface area contributed by atoms with Crippen LogP contribution >= 0.6 is 0 Å². The van der Waals surface area contributed by atoms with Crippen molar-refractivity contribution in [2.24, 2.45) is 0 Å². The summed E-state index contributed by atoms with van der Waals surface area (Å²) in [5.41, 5.74) is 0. The largest absolute Gasteiger partial charge is 4.00 e. The molecule has 0 aromatic rings. The van der Waals surface area contributed by atoms with E-state index in [1.165, 1.54) is 13.8 Å². The molecule has 0 fully saturated rings. The van der Waals surface area contributed by atoms with Crippen LogP contribution in [0.15, 0.2) is 0 Å². The van der Waals surface area contributed by atoms with Gasteiger partial charge in [-0.2, -0.15) is 0 Å². The summed E-state index contributed by atoms with van der Waals surface area (Å²) < 4.78 is 3.97. The van der Waals surface area contributed by atoms with E-state index in [0.29, 0.717) is 0 Å². The predicted molar refractivity (Wildman–Crippen MR) is 22.4 cm³/mol. The zero-order chi connectivity index (χ0) is 5.86. The van der Waals surface area contributed by atoms with Crippen LogP contribution in [0.3, 0.4) is 0 Å². The van der Waals surface area contributed by atoms with E-state index in [1.807, 2.05) is 0 Å². The van der Waals surface area contributed by atoms with Gasteiger partial charge >= 0.3 is 38.1 Å². The van der Waals surface area contributed by atoms with Crippen molar-refractivity contribution < 1.29 is 40.5 Å². The number of hydrogen-bond donors (Lipinski definition) is 0. The van der Waals surface area contributed by atoms with Crippen molar-refractivity contribution in [3.05, 3.63) is 0 Å². The minimum Gasteiger partial charge on any atom is -0.394 e. The van der Waals surface area contributed by atoms with Gasteiger partial charge in [-0.15, -0.1) is 0 Å². The molecule has 8 heavy (non-hydrogen) atoms. The summed E-state index contributed by atoms with van der Waals surface area (Å²) in [6.07, 6.45) is 0. The average Bonchev–Trinajstić information content (AvgIpc) is 1.27. The van der Waals surface area contributed by atoms with E-state index in [-0.39, 0.29) is 26.2 Å². The summed E-state index contributed by atoms with van der Waals surface area (Å²) in [7, 11) is 0. The maximum Gasteiger partial charge on any atom is 4.00 e. The molecule has 0 saturated carbocycles. The SMILES string of the molecule is CC(=O)OC(C)=O.[Zr+4]. The molecular weight excluding hydrogens is 187 g/mol. The summed E-state index contributed by atoms with van der Waals surface area (Å²) in [6, 6.07) is 0. The molecule has 0 heterocycles. The molecule has 0 aromatic heterocycles. The molecule has 0 aliphatic rings. The second kappa shape index (κ2) is 5.17. The Morgan fingerprint density at radius 1 is 1.12 bits per heavy atom. The first kappa shape index (κ1) is 10.9. The number of ether oxygens (including phenoxy) is 1. The normalized spacial score (nSPS) is 6.75. The molecule has 0 amide bonds. The molecule has 0 aliphatic carbocycles. The molecule has 0 unspecified atom stereocenters. The average molecular weight is 193 g/mol. The van der Waals surface area contributed by atoms with Crippen molar-refractivity contribution >= 4 is 11.9 Å². The smallest absolute Gasteiger partial charge is 0.394 e. The summed E-state index contributed by atoms with van der Waals surface area (Å²) in [4.78, 5) is 19.6. The van der Waals surface area contributed by atoms with Crippen molar-refractivity contribution in [3.8, 4) is 0 Å². The van der Waals surface area contributed by atoms with E-state index >= 15 is 0 Å². The number of carbonyl (C=O) groups excluding carboxylic acids is 2. The molecule has 40 valence electrons. The Morgan fingerprint density at radius 3 is 1.38 bits per heavy atom. The molecule has 0 radical (unpaired) electrons. The molecule has 0 aliphatic heterocycles. The third-order valence-corrected chi connectivity index (χ3v) is 0.287. The van der Waals surface area contributed by atoms with E-state index in [0.717, 1.165) is 0 Å². The molecule has 0 N–H and O–H groups in total. The van der Waals surface area contributed by atoms with Gasteiger partial charge in [0.1, 0.15) is 0 Å². The zero-order valence-electron chi connectivity index (χ0n) is 4.72. The van der Waals surface area contributed by atoms with E-state index in [2.05, 4.69) is 4.74 Å². The second-order valence-electron chi connectivity index (χ2n) is 1.09. The first-order valence-corrected chi connectivity index (χ1v) is 1.82. The van der Waals surface area contributed by atoms with Crippen LogP contribution in [-0.2, 0) is 40.5 Å². The minimum absolute atomic E-state index is 0. The molecule has 0 saturated heterocycles. The van der Waals surface area contributed by atoms with Crippen LogP contribution in [0.4, 0.5) is 0 Å². The van der Waals surface area contributed by atoms with Gasteiger partial charge in [0.25, 0.3) is 0 Å². The first-order valence-electron chi connectivity index (χ1n) is 1.82. The van der Waals surface area contributed by atoms with E-state index in [1.54, 1.807) is 0 Å². The van der Waals surface area contributed by atoms with Crippen molar-refractivity contribution in [1.29, 1.82) is 0 Å². The number of carbonyl (C=O) groups is 2. The maximum atomic E-state index is 9.81. The summed E-state index contributed by atoms with van der Waals surface area (Å²) in [5, 5.41) is 0. The van der Waals surface area contributed by atoms with Crippen molar-refractivity contribution in [3.63, 3.8) is 0 Å². The van der Waals surface area contributed by atoms with Gasteiger partial charge in [0.2, 0.25) is 0 Å². The Labute approximate surface area is 66.5 Å². The fourth-order valence-corrected chi connectivity index (χ4v) is 0.202. The Bertz CT molecular complexity index is 87.5. The second-order valence-corrected chi connectivity index (χ2v) is 1.09. The molecule has 0 aromatic carbocycles. The Hall–Kier alpha value is 0.0231. The Morgan fingerprint density at radius 2 is 1.38 bits per heavy atom. The predicted octanol–water partition coefficient (Wildman–Crippen LogP) is 0.0935. The zero-order valence-corrected chi connectivity index (χ0v) is 7.18. The van der Waals surface area contributed by atoms with Crippen LogP contribution in [-0.4, -0.2) is 11.9 Å². The molecule has 3 nitrogen and oxygen atoms in total. The van der Waals surface area contributed by atoms with Crippen LogP contribution < -0.4 is 0 Å². The maximum absolute atomic E-state index is 9.81. The fourth-order valence-electron chi connectivity index (χ4n) is 0.202. The van der Waals surface area contributed by atoms with E-state index < -0.39 is 11.9 Å². The Balaban J connectivity index is 0. The van der Waals surface area contributed by atoms with Gasteiger partial charge in [-0.05, 0) is 0 Å². The van der Waals surface area contributed by atoms with E-state index in [4.69, 9.17) is 0 Å². The van der Waals surface area contributed by atoms with Crippen molar-refractivity contribution in [2.45, 2.75) is 13.8 Å². The first-order chi connectivity index (χ1) is 3.13. The Kier molecular flexibility index (Phi) is 7.04. The third-order valence-electron chi connectivity index (χ3n) is 0.287. The van der Waals surface area contributed by atoms with Gasteiger partial charge in [0.15, 0.2) is 0 Å². The number of hydrogen-bond acceptors (Lipinski definition) is 3. The standard InChI is InChI=1S/C4H6O3.Zr/c1-3(5)7-4(2)6;/h1-2H3;/q;+4. The quantitative estimate of drug-likeness (QED) is 0.404. The van der Waals surface area contributed by atoms with Gasteiger partial charge in [0.05, 0.1) is 0 Å². The summed E-state index contributed by atoms with van der Waals surface area (Å²) >= 11 is 0. The third kappa shape index (κ3) is 9.39. The van der Waals surface area contributed by atoms with Crippen LogP contribution in [0.5, 0.6) is 0 Å².